The van der Waals surface area contributed by atoms with Gasteiger partial charge >= 0.3 is 0 Å². The molecule has 0 spiro atoms. The number of aromatic nitrogens is 3. The number of nitrogens with zero attached hydrogens (tertiary/aromatic N) is 5. The Morgan fingerprint density at radius 3 is 2.24 bits per heavy atom. The zero-order valence-corrected chi connectivity index (χ0v) is 18.2. The topological polar surface area (TPSA) is 54.3 Å². The number of anilines is 2. The van der Waals surface area contributed by atoms with Gasteiger partial charge in [-0.1, -0.05) is 30.0 Å². The highest BCUT2D eigenvalue weighted by Gasteiger charge is 2.16. The van der Waals surface area contributed by atoms with Gasteiger partial charge in [0.15, 0.2) is 11.0 Å². The molecule has 6 nitrogen and oxygen atoms in total. The molecule has 0 N–H and O–H groups in total. The van der Waals surface area contributed by atoms with Crippen LogP contribution in [-0.2, 0) is 11.8 Å². The van der Waals surface area contributed by atoms with Gasteiger partial charge in [-0.15, -0.1) is 10.2 Å². The highest BCUT2D eigenvalue weighted by Crippen LogP contribution is 2.25. The molecule has 0 radical (unpaired) electrons. The Kier molecular flexibility index (Phi) is 6.93. The number of carbonyl (C=O) groups excluding carboxylic acids is 1. The van der Waals surface area contributed by atoms with E-state index in [1.54, 1.807) is 11.9 Å². The van der Waals surface area contributed by atoms with Gasteiger partial charge in [0.05, 0.1) is 5.75 Å². The molecule has 0 atom stereocenters. The first kappa shape index (κ1) is 20.9. The Bertz CT molecular complexity index is 936. The van der Waals surface area contributed by atoms with Crippen LogP contribution in [0.2, 0.25) is 0 Å². The molecule has 0 aliphatic heterocycles. The minimum Gasteiger partial charge on any atom is -0.372 e. The van der Waals surface area contributed by atoms with Crippen molar-refractivity contribution in [1.82, 2.24) is 14.8 Å². The SMILES string of the molecule is CCN(CC)c1ccc(-c2nnc(SCC(=O)N(C)c3ccccc3)n2C)cc1. The monoisotopic (exact) mass is 409 g/mol. The molecule has 152 valence electrons. The van der Waals surface area contributed by atoms with Crippen molar-refractivity contribution in [2.75, 3.05) is 35.7 Å². The van der Waals surface area contributed by atoms with Gasteiger partial charge in [-0.25, -0.2) is 0 Å². The van der Waals surface area contributed by atoms with Crippen molar-refractivity contribution in [3.63, 3.8) is 0 Å². The van der Waals surface area contributed by atoms with Gasteiger partial charge in [-0.3, -0.25) is 4.79 Å². The number of thioether (sulfide) groups is 1. The van der Waals surface area contributed by atoms with E-state index in [1.165, 1.54) is 17.4 Å². The number of para-hydroxylation sites is 1. The fourth-order valence-electron chi connectivity index (χ4n) is 3.12. The van der Waals surface area contributed by atoms with E-state index in [-0.39, 0.29) is 5.91 Å². The molecular weight excluding hydrogens is 382 g/mol. The Morgan fingerprint density at radius 1 is 0.966 bits per heavy atom. The summed E-state index contributed by atoms with van der Waals surface area (Å²) in [6.07, 6.45) is 0. The van der Waals surface area contributed by atoms with Crippen molar-refractivity contribution < 1.29 is 4.79 Å². The molecule has 1 heterocycles. The second-order valence-electron chi connectivity index (χ2n) is 6.66. The molecule has 0 fully saturated rings. The number of rotatable bonds is 8. The van der Waals surface area contributed by atoms with Crippen LogP contribution >= 0.6 is 11.8 Å². The summed E-state index contributed by atoms with van der Waals surface area (Å²) in [7, 11) is 3.72. The maximum atomic E-state index is 12.5. The lowest BCUT2D eigenvalue weighted by Crippen LogP contribution is -2.27. The van der Waals surface area contributed by atoms with Crippen LogP contribution in [0, 0.1) is 0 Å². The van der Waals surface area contributed by atoms with Crippen LogP contribution in [0.4, 0.5) is 11.4 Å². The first-order chi connectivity index (χ1) is 14.0. The third-order valence-electron chi connectivity index (χ3n) is 4.93. The number of amides is 1. The van der Waals surface area contributed by atoms with E-state index in [0.717, 1.165) is 35.3 Å². The van der Waals surface area contributed by atoms with Gasteiger partial charge in [0.2, 0.25) is 5.91 Å². The van der Waals surface area contributed by atoms with Gasteiger partial charge in [-0.05, 0) is 50.2 Å². The van der Waals surface area contributed by atoms with Crippen LogP contribution in [0.25, 0.3) is 11.4 Å². The molecule has 3 rings (SSSR count). The molecule has 1 amide bonds. The van der Waals surface area contributed by atoms with Crippen LogP contribution in [-0.4, -0.2) is 46.6 Å². The van der Waals surface area contributed by atoms with Crippen LogP contribution in [0.5, 0.6) is 0 Å². The first-order valence-electron chi connectivity index (χ1n) is 9.74. The fraction of sp³-hybridized carbons (Fsp3) is 0.318. The summed E-state index contributed by atoms with van der Waals surface area (Å²) in [6.45, 7) is 6.26. The zero-order chi connectivity index (χ0) is 20.8. The Balaban J connectivity index is 1.67. The Morgan fingerprint density at radius 2 is 1.62 bits per heavy atom. The minimum absolute atomic E-state index is 0.0225. The van der Waals surface area contributed by atoms with Gasteiger partial charge in [0.1, 0.15) is 0 Å². The molecule has 0 unspecified atom stereocenters. The van der Waals surface area contributed by atoms with Crippen molar-refractivity contribution in [3.05, 3.63) is 54.6 Å². The summed E-state index contributed by atoms with van der Waals surface area (Å²) in [4.78, 5) is 16.5. The summed E-state index contributed by atoms with van der Waals surface area (Å²) in [5.41, 5.74) is 3.09. The molecule has 0 aliphatic rings. The molecule has 7 heteroatoms. The van der Waals surface area contributed by atoms with Gasteiger partial charge in [0, 0.05) is 44.1 Å². The van der Waals surface area contributed by atoms with E-state index < -0.39 is 0 Å². The zero-order valence-electron chi connectivity index (χ0n) is 17.4. The normalized spacial score (nSPS) is 10.8. The number of benzene rings is 2. The molecule has 0 bridgehead atoms. The van der Waals surface area contributed by atoms with Gasteiger partial charge < -0.3 is 14.4 Å². The molecular formula is C22H27N5OS. The second-order valence-corrected chi connectivity index (χ2v) is 7.60. The number of carbonyl (C=O) groups is 1. The summed E-state index contributed by atoms with van der Waals surface area (Å²) < 4.78 is 1.94. The lowest BCUT2D eigenvalue weighted by atomic mass is 10.2. The summed E-state index contributed by atoms with van der Waals surface area (Å²) in [6, 6.07) is 18.0. The summed E-state index contributed by atoms with van der Waals surface area (Å²) >= 11 is 1.40. The third-order valence-corrected chi connectivity index (χ3v) is 5.94. The van der Waals surface area contributed by atoms with Gasteiger partial charge in [0.25, 0.3) is 0 Å². The van der Waals surface area contributed by atoms with E-state index in [9.17, 15) is 4.79 Å². The van der Waals surface area contributed by atoms with Crippen LogP contribution in [0.3, 0.4) is 0 Å². The van der Waals surface area contributed by atoms with E-state index in [2.05, 4.69) is 53.2 Å². The average Bonchev–Trinajstić information content (AvgIpc) is 3.13. The Hall–Kier alpha value is -2.80. The van der Waals surface area contributed by atoms with Crippen molar-refractivity contribution in [1.29, 1.82) is 0 Å². The third kappa shape index (κ3) is 4.79. The smallest absolute Gasteiger partial charge is 0.237 e. The van der Waals surface area contributed by atoms with Crippen molar-refractivity contribution in [3.8, 4) is 11.4 Å². The number of hydrogen-bond acceptors (Lipinski definition) is 5. The highest BCUT2D eigenvalue weighted by molar-refractivity contribution is 7.99. The van der Waals surface area contributed by atoms with Gasteiger partial charge in [-0.2, -0.15) is 0 Å². The van der Waals surface area contributed by atoms with Crippen molar-refractivity contribution >= 4 is 29.0 Å². The van der Waals surface area contributed by atoms with E-state index in [0.29, 0.717) is 5.75 Å². The molecule has 29 heavy (non-hydrogen) atoms. The quantitative estimate of drug-likeness (QED) is 0.525. The fourth-order valence-corrected chi connectivity index (χ4v) is 3.95. The second kappa shape index (κ2) is 9.60. The summed E-state index contributed by atoms with van der Waals surface area (Å²) in [5, 5.41) is 9.34. The maximum absolute atomic E-state index is 12.5. The maximum Gasteiger partial charge on any atom is 0.237 e. The van der Waals surface area contributed by atoms with Crippen molar-refractivity contribution in [2.24, 2.45) is 7.05 Å². The first-order valence-corrected chi connectivity index (χ1v) is 10.7. The molecule has 0 aliphatic carbocycles. The lowest BCUT2D eigenvalue weighted by Gasteiger charge is -2.21. The number of hydrogen-bond donors (Lipinski definition) is 0. The van der Waals surface area contributed by atoms with Crippen molar-refractivity contribution in [2.45, 2.75) is 19.0 Å². The van der Waals surface area contributed by atoms with Crippen LogP contribution < -0.4 is 9.80 Å². The predicted molar refractivity (Wildman–Crippen MR) is 121 cm³/mol. The van der Waals surface area contributed by atoms with E-state index in [4.69, 9.17) is 0 Å². The lowest BCUT2D eigenvalue weighted by molar-refractivity contribution is -0.115. The molecule has 0 saturated heterocycles. The minimum atomic E-state index is 0.0225. The Labute approximate surface area is 176 Å². The largest absolute Gasteiger partial charge is 0.372 e. The van der Waals surface area contributed by atoms with E-state index >= 15 is 0 Å². The molecule has 3 aromatic rings. The molecule has 1 aromatic heterocycles. The summed E-state index contributed by atoms with van der Waals surface area (Å²) in [5.74, 6) is 1.12. The van der Waals surface area contributed by atoms with Crippen LogP contribution in [0.15, 0.2) is 59.8 Å². The molecule has 2 aromatic carbocycles. The predicted octanol–water partition coefficient (Wildman–Crippen LogP) is 4.08. The average molecular weight is 410 g/mol. The standard InChI is InChI=1S/C22H27N5OS/c1-5-27(6-2)19-14-12-17(13-15-19)21-23-24-22(26(21)4)29-16-20(28)25(3)18-10-8-7-9-11-18/h7-15H,5-6,16H2,1-4H3. The molecule has 0 saturated carbocycles. The highest BCUT2D eigenvalue weighted by atomic mass is 32.2. The van der Waals surface area contributed by atoms with Crippen LogP contribution in [0.1, 0.15) is 13.8 Å². The van der Waals surface area contributed by atoms with E-state index in [1.807, 2.05) is 41.9 Å².